The van der Waals surface area contributed by atoms with E-state index < -0.39 is 9.84 Å². The average Bonchev–Trinajstić information content (AvgIpc) is 3.34. The number of hydrogen-bond donors (Lipinski definition) is 1. The van der Waals surface area contributed by atoms with E-state index in [1.54, 1.807) is 47.5 Å². The van der Waals surface area contributed by atoms with Crippen molar-refractivity contribution in [2.45, 2.75) is 11.4 Å². The molecular weight excluding hydrogens is 448 g/mol. The first-order valence-corrected chi connectivity index (χ1v) is 11.8. The largest absolute Gasteiger partial charge is 0.322 e. The van der Waals surface area contributed by atoms with Gasteiger partial charge in [0.2, 0.25) is 0 Å². The molecule has 0 spiro atoms. The molecule has 7 nitrogen and oxygen atoms in total. The Morgan fingerprint density at radius 2 is 1.81 bits per heavy atom. The molecule has 0 atom stereocenters. The van der Waals surface area contributed by atoms with Crippen molar-refractivity contribution in [3.63, 3.8) is 0 Å². The summed E-state index contributed by atoms with van der Waals surface area (Å²) in [7, 11) is -3.49. The summed E-state index contributed by atoms with van der Waals surface area (Å²) in [4.78, 5) is 17.1. The van der Waals surface area contributed by atoms with Gasteiger partial charge in [0.05, 0.1) is 27.9 Å². The van der Waals surface area contributed by atoms with Crippen LogP contribution in [0.3, 0.4) is 0 Å². The molecule has 0 aliphatic heterocycles. The normalized spacial score (nSPS) is 11.3. The SMILES string of the molecule is O=C(Nc1ccc(Cl)c(-c2ccccn2)c1)c1ccc(S(=O)(=O)CCn2cccn2)cc1. The minimum atomic E-state index is -3.49. The van der Waals surface area contributed by atoms with E-state index in [1.165, 1.54) is 24.3 Å². The molecule has 162 valence electrons. The number of aromatic nitrogens is 3. The summed E-state index contributed by atoms with van der Waals surface area (Å²) in [5.41, 5.74) is 2.28. The Hall–Kier alpha value is -3.49. The fourth-order valence-electron chi connectivity index (χ4n) is 3.10. The van der Waals surface area contributed by atoms with E-state index in [2.05, 4.69) is 15.4 Å². The maximum atomic E-state index is 12.7. The van der Waals surface area contributed by atoms with Crippen molar-refractivity contribution < 1.29 is 13.2 Å². The molecule has 0 saturated heterocycles. The van der Waals surface area contributed by atoms with Gasteiger partial charge >= 0.3 is 0 Å². The summed E-state index contributed by atoms with van der Waals surface area (Å²) >= 11 is 6.29. The van der Waals surface area contributed by atoms with Crippen LogP contribution in [0.5, 0.6) is 0 Å². The van der Waals surface area contributed by atoms with E-state index in [9.17, 15) is 13.2 Å². The van der Waals surface area contributed by atoms with Crippen LogP contribution in [0.2, 0.25) is 5.02 Å². The van der Waals surface area contributed by atoms with Gasteiger partial charge in [0.25, 0.3) is 5.91 Å². The summed E-state index contributed by atoms with van der Waals surface area (Å²) in [6, 6.07) is 18.2. The van der Waals surface area contributed by atoms with E-state index in [1.807, 2.05) is 18.2 Å². The van der Waals surface area contributed by atoms with Gasteiger partial charge < -0.3 is 5.32 Å². The average molecular weight is 467 g/mol. The highest BCUT2D eigenvalue weighted by Gasteiger charge is 2.16. The Morgan fingerprint density at radius 1 is 1.00 bits per heavy atom. The molecule has 1 N–H and O–H groups in total. The molecule has 4 aromatic rings. The molecule has 2 aromatic carbocycles. The van der Waals surface area contributed by atoms with Crippen molar-refractivity contribution in [3.05, 3.63) is 95.9 Å². The van der Waals surface area contributed by atoms with Crippen LogP contribution in [-0.2, 0) is 16.4 Å². The molecule has 0 aliphatic carbocycles. The molecule has 32 heavy (non-hydrogen) atoms. The first-order chi connectivity index (χ1) is 15.4. The molecule has 0 saturated carbocycles. The molecule has 1 amide bonds. The second-order valence-corrected chi connectivity index (χ2v) is 9.49. The third kappa shape index (κ3) is 5.04. The zero-order valence-electron chi connectivity index (χ0n) is 16.8. The summed E-state index contributed by atoms with van der Waals surface area (Å²) < 4.78 is 26.6. The zero-order valence-corrected chi connectivity index (χ0v) is 18.4. The van der Waals surface area contributed by atoms with Crippen LogP contribution >= 0.6 is 11.6 Å². The smallest absolute Gasteiger partial charge is 0.255 e. The highest BCUT2D eigenvalue weighted by atomic mass is 35.5. The van der Waals surface area contributed by atoms with Crippen molar-refractivity contribution in [1.29, 1.82) is 0 Å². The number of carbonyl (C=O) groups excluding carboxylic acids is 1. The third-order valence-electron chi connectivity index (χ3n) is 4.79. The van der Waals surface area contributed by atoms with Crippen LogP contribution in [0, 0.1) is 0 Å². The predicted molar refractivity (Wildman–Crippen MR) is 123 cm³/mol. The maximum Gasteiger partial charge on any atom is 0.255 e. The second-order valence-electron chi connectivity index (χ2n) is 6.98. The Balaban J connectivity index is 1.46. The van der Waals surface area contributed by atoms with Gasteiger partial charge in [-0.3, -0.25) is 14.5 Å². The van der Waals surface area contributed by atoms with Crippen LogP contribution in [0.15, 0.2) is 90.2 Å². The Labute approximate surface area is 190 Å². The molecule has 0 radical (unpaired) electrons. The molecule has 2 heterocycles. The number of pyridine rings is 1. The molecule has 0 fully saturated rings. The van der Waals surface area contributed by atoms with Gasteiger partial charge in [-0.05, 0) is 60.7 Å². The number of benzene rings is 2. The lowest BCUT2D eigenvalue weighted by Gasteiger charge is -2.10. The Kier molecular flexibility index (Phi) is 6.34. The molecule has 2 aromatic heterocycles. The second kappa shape index (κ2) is 9.33. The van der Waals surface area contributed by atoms with Crippen LogP contribution in [0.1, 0.15) is 10.4 Å². The number of rotatable bonds is 7. The van der Waals surface area contributed by atoms with Gasteiger partial charge in [0.15, 0.2) is 9.84 Å². The van der Waals surface area contributed by atoms with Crippen LogP contribution in [-0.4, -0.2) is 34.8 Å². The lowest BCUT2D eigenvalue weighted by molar-refractivity contribution is 0.102. The fourth-order valence-corrected chi connectivity index (χ4v) is 4.53. The summed E-state index contributed by atoms with van der Waals surface area (Å²) in [5.74, 6) is -0.443. The minimum absolute atomic E-state index is 0.0820. The first kappa shape index (κ1) is 21.7. The van der Waals surface area contributed by atoms with E-state index in [0.29, 0.717) is 27.5 Å². The van der Waals surface area contributed by atoms with E-state index in [-0.39, 0.29) is 23.1 Å². The molecule has 4 rings (SSSR count). The molecule has 0 aliphatic rings. The summed E-state index contributed by atoms with van der Waals surface area (Å²) in [6.45, 7) is 0.257. The van der Waals surface area contributed by atoms with Gasteiger partial charge in [0.1, 0.15) is 0 Å². The summed E-state index contributed by atoms with van der Waals surface area (Å²) in [6.07, 6.45) is 4.97. The molecule has 9 heteroatoms. The van der Waals surface area contributed by atoms with Crippen molar-refractivity contribution in [2.75, 3.05) is 11.1 Å². The number of nitrogens with zero attached hydrogens (tertiary/aromatic N) is 3. The lowest BCUT2D eigenvalue weighted by Crippen LogP contribution is -2.15. The predicted octanol–water partition coefficient (Wildman–Crippen LogP) is 4.32. The van der Waals surface area contributed by atoms with Gasteiger partial charge in [-0.2, -0.15) is 5.10 Å². The highest BCUT2D eigenvalue weighted by molar-refractivity contribution is 7.91. The van der Waals surface area contributed by atoms with Gasteiger partial charge in [-0.1, -0.05) is 17.7 Å². The Morgan fingerprint density at radius 3 is 2.50 bits per heavy atom. The topological polar surface area (TPSA) is 94.0 Å². The van der Waals surface area contributed by atoms with Crippen LogP contribution < -0.4 is 5.32 Å². The van der Waals surface area contributed by atoms with Crippen molar-refractivity contribution in [3.8, 4) is 11.3 Å². The first-order valence-electron chi connectivity index (χ1n) is 9.75. The summed E-state index contributed by atoms with van der Waals surface area (Å²) in [5, 5.41) is 7.34. The van der Waals surface area contributed by atoms with Gasteiger partial charge in [-0.15, -0.1) is 0 Å². The quantitative estimate of drug-likeness (QED) is 0.437. The molecule has 0 bridgehead atoms. The number of carbonyl (C=O) groups is 1. The molecular formula is C23H19ClN4O3S. The van der Waals surface area contributed by atoms with Crippen LogP contribution in [0.25, 0.3) is 11.3 Å². The fraction of sp³-hybridized carbons (Fsp3) is 0.0870. The number of nitrogens with one attached hydrogen (secondary N) is 1. The van der Waals surface area contributed by atoms with E-state index >= 15 is 0 Å². The number of aryl methyl sites for hydroxylation is 1. The van der Waals surface area contributed by atoms with Crippen molar-refractivity contribution in [2.24, 2.45) is 0 Å². The maximum absolute atomic E-state index is 12.7. The Bertz CT molecular complexity index is 1320. The number of amides is 1. The number of anilines is 1. The van der Waals surface area contributed by atoms with Crippen LogP contribution in [0.4, 0.5) is 5.69 Å². The van der Waals surface area contributed by atoms with Gasteiger partial charge in [0, 0.05) is 35.4 Å². The number of halogens is 1. The highest BCUT2D eigenvalue weighted by Crippen LogP contribution is 2.29. The third-order valence-corrected chi connectivity index (χ3v) is 6.83. The lowest BCUT2D eigenvalue weighted by atomic mass is 10.1. The van der Waals surface area contributed by atoms with Crippen molar-refractivity contribution >= 4 is 33.0 Å². The number of sulfone groups is 1. The number of hydrogen-bond acceptors (Lipinski definition) is 5. The zero-order chi connectivity index (χ0) is 22.6. The van der Waals surface area contributed by atoms with E-state index in [0.717, 1.165) is 0 Å². The monoisotopic (exact) mass is 466 g/mol. The van der Waals surface area contributed by atoms with Gasteiger partial charge in [-0.25, -0.2) is 8.42 Å². The molecule has 0 unspecified atom stereocenters. The van der Waals surface area contributed by atoms with E-state index in [4.69, 9.17) is 11.6 Å². The standard InChI is InChI=1S/C23H19ClN4O3S/c24-21-10-7-18(16-20(21)22-4-1-2-11-25-22)27-23(29)17-5-8-19(9-6-17)32(30,31)15-14-28-13-3-12-26-28/h1-13,16H,14-15H2,(H,27,29). The minimum Gasteiger partial charge on any atom is -0.322 e. The van der Waals surface area contributed by atoms with Crippen molar-refractivity contribution in [1.82, 2.24) is 14.8 Å².